The van der Waals surface area contributed by atoms with Gasteiger partial charge in [-0.25, -0.2) is 14.4 Å². The lowest BCUT2D eigenvalue weighted by molar-refractivity contribution is 0.627. The van der Waals surface area contributed by atoms with Crippen LogP contribution in [0.25, 0.3) is 11.4 Å². The molecule has 1 heterocycles. The highest BCUT2D eigenvalue weighted by Gasteiger charge is 2.16. The van der Waals surface area contributed by atoms with Crippen LogP contribution in [-0.2, 0) is 0 Å². The maximum atomic E-state index is 13.4. The van der Waals surface area contributed by atoms with Gasteiger partial charge in [-0.3, -0.25) is 0 Å². The Labute approximate surface area is 121 Å². The minimum Gasteiger partial charge on any atom is -0.216 e. The molecule has 5 heteroatoms. The van der Waals surface area contributed by atoms with Gasteiger partial charge >= 0.3 is 0 Å². The molecule has 0 bridgehead atoms. The van der Waals surface area contributed by atoms with Gasteiger partial charge in [-0.15, -0.1) is 0 Å². The zero-order chi connectivity index (χ0) is 14.2. The highest BCUT2D eigenvalue weighted by molar-refractivity contribution is 6.34. The second-order valence-electron chi connectivity index (χ2n) is 4.71. The van der Waals surface area contributed by atoms with E-state index in [-0.39, 0.29) is 11.7 Å². The second-order valence-corrected chi connectivity index (χ2v) is 5.43. The lowest BCUT2D eigenvalue weighted by Gasteiger charge is -2.11. The minimum atomic E-state index is -0.334. The van der Waals surface area contributed by atoms with Crippen LogP contribution in [0.5, 0.6) is 0 Å². The van der Waals surface area contributed by atoms with E-state index < -0.39 is 0 Å². The Kier molecular flexibility index (Phi) is 4.07. The molecule has 0 aliphatic carbocycles. The molecule has 0 N–H and O–H groups in total. The topological polar surface area (TPSA) is 25.8 Å². The predicted octanol–water partition coefficient (Wildman–Crippen LogP) is 5.02. The van der Waals surface area contributed by atoms with E-state index in [4.69, 9.17) is 23.2 Å². The Hall–Kier alpha value is -1.19. The van der Waals surface area contributed by atoms with E-state index in [2.05, 4.69) is 9.97 Å². The number of nitrogens with zero attached hydrogens (tertiary/aromatic N) is 2. The zero-order valence-corrected chi connectivity index (χ0v) is 12.3. The quantitative estimate of drug-likeness (QED) is 0.727. The Morgan fingerprint density at radius 2 is 1.63 bits per heavy atom. The average molecular weight is 299 g/mol. The summed E-state index contributed by atoms with van der Waals surface area (Å²) in [4.78, 5) is 8.42. The Morgan fingerprint density at radius 3 is 2.11 bits per heavy atom. The first-order valence-corrected chi connectivity index (χ1v) is 6.64. The molecular weight excluding hydrogens is 286 g/mol. The summed E-state index contributed by atoms with van der Waals surface area (Å²) in [5.74, 6) is 0.129. The van der Waals surface area contributed by atoms with Crippen LogP contribution in [0.1, 0.15) is 30.9 Å². The van der Waals surface area contributed by atoms with E-state index in [0.29, 0.717) is 27.3 Å². The number of rotatable bonds is 2. The number of aryl methyl sites for hydroxylation is 1. The summed E-state index contributed by atoms with van der Waals surface area (Å²) in [7, 11) is 0. The van der Waals surface area contributed by atoms with E-state index in [9.17, 15) is 4.39 Å². The van der Waals surface area contributed by atoms with Crippen molar-refractivity contribution in [3.8, 4) is 11.4 Å². The van der Waals surface area contributed by atoms with E-state index in [0.717, 1.165) is 5.56 Å². The monoisotopic (exact) mass is 298 g/mol. The molecule has 100 valence electrons. The van der Waals surface area contributed by atoms with Crippen LogP contribution < -0.4 is 0 Å². The minimum absolute atomic E-state index is 0.128. The van der Waals surface area contributed by atoms with Gasteiger partial charge in [0, 0.05) is 11.1 Å². The van der Waals surface area contributed by atoms with Crippen LogP contribution in [0.4, 0.5) is 4.39 Å². The smallest absolute Gasteiger partial charge is 0.162 e. The van der Waals surface area contributed by atoms with Gasteiger partial charge in [-0.1, -0.05) is 37.0 Å². The summed E-state index contributed by atoms with van der Waals surface area (Å²) in [5.41, 5.74) is 2.07. The molecule has 1 aromatic carbocycles. The number of benzene rings is 1. The predicted molar refractivity (Wildman–Crippen MR) is 76.3 cm³/mol. The van der Waals surface area contributed by atoms with Crippen molar-refractivity contribution in [2.24, 2.45) is 0 Å². The molecule has 0 saturated heterocycles. The van der Waals surface area contributed by atoms with Crippen molar-refractivity contribution in [1.29, 1.82) is 0 Å². The van der Waals surface area contributed by atoms with Crippen LogP contribution in [0.15, 0.2) is 18.2 Å². The maximum Gasteiger partial charge on any atom is 0.162 e. The molecule has 19 heavy (non-hydrogen) atoms. The van der Waals surface area contributed by atoms with Crippen LogP contribution in [0.2, 0.25) is 10.3 Å². The first-order valence-electron chi connectivity index (χ1n) is 5.89. The van der Waals surface area contributed by atoms with Crippen LogP contribution in [0, 0.1) is 12.7 Å². The van der Waals surface area contributed by atoms with Crippen LogP contribution >= 0.6 is 23.2 Å². The summed E-state index contributed by atoms with van der Waals surface area (Å²) in [6.07, 6.45) is 0. The molecule has 2 aromatic rings. The van der Waals surface area contributed by atoms with Gasteiger partial charge in [0.25, 0.3) is 0 Å². The molecule has 0 fully saturated rings. The molecule has 0 aliphatic rings. The lowest BCUT2D eigenvalue weighted by atomic mass is 10.1. The molecule has 0 aliphatic heterocycles. The fraction of sp³-hybridized carbons (Fsp3) is 0.286. The van der Waals surface area contributed by atoms with E-state index in [1.165, 1.54) is 12.1 Å². The van der Waals surface area contributed by atoms with Crippen LogP contribution in [-0.4, -0.2) is 9.97 Å². The second kappa shape index (κ2) is 5.43. The zero-order valence-electron chi connectivity index (χ0n) is 10.8. The third-order valence-corrected chi connectivity index (χ3v) is 3.31. The molecule has 0 saturated carbocycles. The van der Waals surface area contributed by atoms with Crippen molar-refractivity contribution in [2.45, 2.75) is 26.7 Å². The first kappa shape index (κ1) is 14.2. The number of aromatic nitrogens is 2. The summed E-state index contributed by atoms with van der Waals surface area (Å²) < 4.78 is 13.4. The highest BCUT2D eigenvalue weighted by atomic mass is 35.5. The van der Waals surface area contributed by atoms with Gasteiger partial charge in [0.15, 0.2) is 5.82 Å². The largest absolute Gasteiger partial charge is 0.216 e. The summed E-state index contributed by atoms with van der Waals surface area (Å²) in [6.45, 7) is 5.73. The fourth-order valence-electron chi connectivity index (χ4n) is 1.89. The van der Waals surface area contributed by atoms with Crippen molar-refractivity contribution in [2.75, 3.05) is 0 Å². The third-order valence-electron chi connectivity index (χ3n) is 2.73. The molecule has 0 radical (unpaired) electrons. The normalized spacial score (nSPS) is 11.1. The lowest BCUT2D eigenvalue weighted by Crippen LogP contribution is -1.99. The highest BCUT2D eigenvalue weighted by Crippen LogP contribution is 2.31. The molecule has 0 spiro atoms. The van der Waals surface area contributed by atoms with E-state index in [1.54, 1.807) is 13.0 Å². The number of halogens is 3. The van der Waals surface area contributed by atoms with Gasteiger partial charge in [0.2, 0.25) is 0 Å². The van der Waals surface area contributed by atoms with Crippen molar-refractivity contribution < 1.29 is 4.39 Å². The summed E-state index contributed by atoms with van der Waals surface area (Å²) >= 11 is 12.3. The van der Waals surface area contributed by atoms with E-state index >= 15 is 0 Å². The van der Waals surface area contributed by atoms with Gasteiger partial charge in [0.1, 0.15) is 16.1 Å². The van der Waals surface area contributed by atoms with Gasteiger partial charge < -0.3 is 0 Å². The molecule has 0 atom stereocenters. The van der Waals surface area contributed by atoms with Crippen molar-refractivity contribution in [3.05, 3.63) is 45.4 Å². The summed E-state index contributed by atoms with van der Waals surface area (Å²) in [6, 6.07) is 4.60. The van der Waals surface area contributed by atoms with Gasteiger partial charge in [-0.2, -0.15) is 0 Å². The summed E-state index contributed by atoms with van der Waals surface area (Å²) in [5, 5.41) is 0.624. The van der Waals surface area contributed by atoms with Crippen molar-refractivity contribution in [3.63, 3.8) is 0 Å². The molecule has 0 amide bonds. The molecule has 2 rings (SSSR count). The SMILES string of the molecule is Cc1cc(F)cc(-c2nc(Cl)c(C(C)C)c(Cl)n2)c1. The fourth-order valence-corrected chi connectivity index (χ4v) is 2.71. The first-order chi connectivity index (χ1) is 8.88. The van der Waals surface area contributed by atoms with Crippen molar-refractivity contribution in [1.82, 2.24) is 9.97 Å². The maximum absolute atomic E-state index is 13.4. The Morgan fingerprint density at radius 1 is 1.05 bits per heavy atom. The van der Waals surface area contributed by atoms with Crippen LogP contribution in [0.3, 0.4) is 0 Å². The number of hydrogen-bond donors (Lipinski definition) is 0. The standard InChI is InChI=1S/C14H13Cl2FN2/c1-7(2)11-12(15)18-14(19-13(11)16)9-4-8(3)5-10(17)6-9/h4-7H,1-3H3. The number of hydrogen-bond acceptors (Lipinski definition) is 2. The molecule has 2 nitrogen and oxygen atoms in total. The van der Waals surface area contributed by atoms with Crippen molar-refractivity contribution >= 4 is 23.2 Å². The van der Waals surface area contributed by atoms with Gasteiger partial charge in [0.05, 0.1) is 0 Å². The molecule has 1 aromatic heterocycles. The average Bonchev–Trinajstić information content (AvgIpc) is 2.25. The third kappa shape index (κ3) is 3.04. The molecule has 0 unspecified atom stereocenters. The molecular formula is C14H13Cl2FN2. The van der Waals surface area contributed by atoms with Gasteiger partial charge in [-0.05, 0) is 36.6 Å². The Bertz CT molecular complexity index is 584. The van der Waals surface area contributed by atoms with E-state index in [1.807, 2.05) is 13.8 Å². The Balaban J connectivity index is 2.58.